The molecule has 1 N–H and O–H groups in total. The van der Waals surface area contributed by atoms with E-state index in [1.807, 2.05) is 0 Å². The summed E-state index contributed by atoms with van der Waals surface area (Å²) >= 11 is 8.12. The zero-order valence-electron chi connectivity index (χ0n) is 6.11. The van der Waals surface area contributed by atoms with Gasteiger partial charge in [0.2, 0.25) is 0 Å². The van der Waals surface area contributed by atoms with E-state index in [1.54, 1.807) is 6.92 Å². The van der Waals surface area contributed by atoms with Gasteiger partial charge in [-0.25, -0.2) is 0 Å². The third-order valence-corrected chi connectivity index (χ3v) is 1.50. The molecule has 64 valence electrons. The Morgan fingerprint density at radius 3 is 2.73 bits per heavy atom. The van der Waals surface area contributed by atoms with E-state index in [1.165, 1.54) is 0 Å². The lowest BCUT2D eigenvalue weighted by atomic mass is 10.3. The molecule has 0 amide bonds. The first-order chi connectivity index (χ1) is 5.07. The van der Waals surface area contributed by atoms with Gasteiger partial charge in [0.25, 0.3) is 0 Å². The summed E-state index contributed by atoms with van der Waals surface area (Å²) in [4.78, 5) is 10.4. The normalized spacial score (nSPS) is 12.3. The molecule has 0 aliphatic carbocycles. The van der Waals surface area contributed by atoms with Crippen molar-refractivity contribution in [1.29, 1.82) is 0 Å². The van der Waals surface area contributed by atoms with Crippen molar-refractivity contribution in [1.82, 2.24) is 0 Å². The van der Waals surface area contributed by atoms with Crippen LogP contribution >= 0.6 is 24.8 Å². The Balaban J connectivity index is 3.73. The molecule has 0 rings (SSSR count). The van der Waals surface area contributed by atoms with E-state index in [0.717, 1.165) is 0 Å². The number of thiocarbonyl (C=S) groups is 1. The highest BCUT2D eigenvalue weighted by atomic mass is 32.1. The Morgan fingerprint density at radius 2 is 2.36 bits per heavy atom. The average molecular weight is 194 g/mol. The smallest absolute Gasteiger partial charge is 0.189 e. The van der Waals surface area contributed by atoms with Crippen LogP contribution in [0.4, 0.5) is 0 Å². The van der Waals surface area contributed by atoms with Gasteiger partial charge in [-0.15, -0.1) is 12.6 Å². The molecule has 0 fully saturated rings. The largest absolute Gasteiger partial charge is 0.485 e. The van der Waals surface area contributed by atoms with E-state index >= 15 is 0 Å². The van der Waals surface area contributed by atoms with Gasteiger partial charge in [0.05, 0.1) is 13.0 Å². The first-order valence-corrected chi connectivity index (χ1v) is 4.00. The predicted molar refractivity (Wildman–Crippen MR) is 48.8 cm³/mol. The van der Waals surface area contributed by atoms with Crippen LogP contribution in [0.3, 0.4) is 0 Å². The molecule has 0 bridgehead atoms. The number of carbonyl (C=O) groups excluding carboxylic acids is 1. The first kappa shape index (κ1) is 10.9. The lowest BCUT2D eigenvalue weighted by Crippen LogP contribution is -2.22. The topological polar surface area (TPSA) is 46.5 Å². The zero-order chi connectivity index (χ0) is 8.85. The van der Waals surface area contributed by atoms with E-state index in [2.05, 4.69) is 24.8 Å². The number of aliphatic hydroxyl groups excluding tert-OH is 1. The molecule has 0 aliphatic rings. The van der Waals surface area contributed by atoms with E-state index in [0.29, 0.717) is 6.61 Å². The Kier molecular flexibility index (Phi) is 5.45. The van der Waals surface area contributed by atoms with Gasteiger partial charge in [0.15, 0.2) is 10.2 Å². The molecule has 0 saturated carbocycles. The van der Waals surface area contributed by atoms with Gasteiger partial charge in [-0.3, -0.25) is 4.79 Å². The molecule has 0 radical (unpaired) electrons. The van der Waals surface area contributed by atoms with Crippen molar-refractivity contribution in [3.8, 4) is 0 Å². The lowest BCUT2D eigenvalue weighted by Gasteiger charge is -2.09. The quantitative estimate of drug-likeness (QED) is 0.507. The fourth-order valence-corrected chi connectivity index (χ4v) is 0.861. The summed E-state index contributed by atoms with van der Waals surface area (Å²) in [5, 5.41) is 8.73. The second-order valence-electron chi connectivity index (χ2n) is 1.87. The van der Waals surface area contributed by atoms with E-state index in [9.17, 15) is 4.79 Å². The molecule has 0 aromatic rings. The SMILES string of the molecule is CCOC(=S)C(O)CC(=O)S. The van der Waals surface area contributed by atoms with Gasteiger partial charge < -0.3 is 9.84 Å². The van der Waals surface area contributed by atoms with Crippen LogP contribution in [0.15, 0.2) is 0 Å². The molecule has 5 heteroatoms. The predicted octanol–water partition coefficient (Wildman–Crippen LogP) is 0.558. The second-order valence-corrected chi connectivity index (χ2v) is 2.77. The number of aliphatic hydroxyl groups is 1. The fraction of sp³-hybridized carbons (Fsp3) is 0.667. The molecule has 1 atom stereocenters. The summed E-state index contributed by atoms with van der Waals surface area (Å²) in [6, 6.07) is 0. The highest BCUT2D eigenvalue weighted by molar-refractivity contribution is 7.96. The fourth-order valence-electron chi connectivity index (χ4n) is 0.487. The molecule has 3 nitrogen and oxygen atoms in total. The summed E-state index contributed by atoms with van der Waals surface area (Å²) in [5.74, 6) is 0. The van der Waals surface area contributed by atoms with Crippen molar-refractivity contribution >= 4 is 35.0 Å². The van der Waals surface area contributed by atoms with Crippen LogP contribution in [-0.4, -0.2) is 28.0 Å². The van der Waals surface area contributed by atoms with E-state index < -0.39 is 11.2 Å². The molecular weight excluding hydrogens is 184 g/mol. The van der Waals surface area contributed by atoms with Crippen LogP contribution in [0, 0.1) is 0 Å². The number of rotatable bonds is 4. The Hall–Kier alpha value is -0.130. The zero-order valence-corrected chi connectivity index (χ0v) is 7.82. The Labute approximate surface area is 76.1 Å². The molecule has 0 aromatic carbocycles. The van der Waals surface area contributed by atoms with Crippen LogP contribution in [0.25, 0.3) is 0 Å². The number of ether oxygens (including phenoxy) is 1. The summed E-state index contributed by atoms with van der Waals surface area (Å²) in [6.45, 7) is 2.15. The van der Waals surface area contributed by atoms with Crippen molar-refractivity contribution < 1.29 is 14.6 Å². The first-order valence-electron chi connectivity index (χ1n) is 3.14. The maximum absolute atomic E-state index is 10.4. The summed E-state index contributed by atoms with van der Waals surface area (Å²) < 4.78 is 4.80. The van der Waals surface area contributed by atoms with Crippen molar-refractivity contribution in [3.05, 3.63) is 0 Å². The maximum Gasteiger partial charge on any atom is 0.189 e. The molecular formula is C6H10O3S2. The molecule has 0 aliphatic heterocycles. The van der Waals surface area contributed by atoms with Gasteiger partial charge in [-0.05, 0) is 19.1 Å². The van der Waals surface area contributed by atoms with Gasteiger partial charge in [0, 0.05) is 0 Å². The van der Waals surface area contributed by atoms with Crippen LogP contribution in [0.1, 0.15) is 13.3 Å². The molecule has 0 spiro atoms. The number of hydrogen-bond acceptors (Lipinski definition) is 4. The molecule has 0 aromatic heterocycles. The van der Waals surface area contributed by atoms with Crippen LogP contribution in [0.5, 0.6) is 0 Å². The monoisotopic (exact) mass is 194 g/mol. The van der Waals surface area contributed by atoms with Gasteiger partial charge in [0.1, 0.15) is 6.10 Å². The van der Waals surface area contributed by atoms with E-state index in [4.69, 9.17) is 9.84 Å². The molecule has 11 heavy (non-hydrogen) atoms. The summed E-state index contributed by atoms with van der Waals surface area (Å²) in [7, 11) is 0. The van der Waals surface area contributed by atoms with Gasteiger partial charge in [-0.2, -0.15) is 0 Å². The molecule has 1 unspecified atom stereocenters. The van der Waals surface area contributed by atoms with Crippen LogP contribution in [-0.2, 0) is 9.53 Å². The third-order valence-electron chi connectivity index (χ3n) is 0.927. The number of thiol groups is 1. The number of carbonyl (C=O) groups is 1. The second kappa shape index (κ2) is 5.51. The minimum absolute atomic E-state index is 0.0508. The Bertz CT molecular complexity index is 158. The highest BCUT2D eigenvalue weighted by Crippen LogP contribution is 2.00. The van der Waals surface area contributed by atoms with Crippen molar-refractivity contribution in [3.63, 3.8) is 0 Å². The van der Waals surface area contributed by atoms with Gasteiger partial charge in [-0.1, -0.05) is 0 Å². The highest BCUT2D eigenvalue weighted by Gasteiger charge is 2.13. The standard InChI is InChI=1S/C6H10O3S2/c1-2-9-6(11)4(7)3-5(8)10/h4,7H,2-3H2,1H3,(H,8,10). The van der Waals surface area contributed by atoms with Crippen molar-refractivity contribution in [2.75, 3.05) is 6.61 Å². The maximum atomic E-state index is 10.4. The summed E-state index contributed by atoms with van der Waals surface area (Å²) in [6.07, 6.45) is -1.10. The minimum Gasteiger partial charge on any atom is -0.485 e. The van der Waals surface area contributed by atoms with Gasteiger partial charge >= 0.3 is 0 Å². The molecule has 0 saturated heterocycles. The van der Waals surface area contributed by atoms with Crippen molar-refractivity contribution in [2.24, 2.45) is 0 Å². The minimum atomic E-state index is -1.00. The molecule has 0 heterocycles. The van der Waals surface area contributed by atoms with Crippen LogP contribution < -0.4 is 0 Å². The van der Waals surface area contributed by atoms with E-state index in [-0.39, 0.29) is 11.5 Å². The number of hydrogen-bond donors (Lipinski definition) is 2. The van der Waals surface area contributed by atoms with Crippen molar-refractivity contribution in [2.45, 2.75) is 19.4 Å². The third kappa shape index (κ3) is 5.17. The summed E-state index contributed by atoms with van der Waals surface area (Å²) in [5.41, 5.74) is 0. The Morgan fingerprint density at radius 1 is 1.82 bits per heavy atom. The lowest BCUT2D eigenvalue weighted by molar-refractivity contribution is -0.111. The van der Waals surface area contributed by atoms with Crippen LogP contribution in [0.2, 0.25) is 0 Å². The average Bonchev–Trinajstić information content (AvgIpc) is 1.86.